The van der Waals surface area contributed by atoms with Gasteiger partial charge in [-0.25, -0.2) is 4.98 Å². The van der Waals surface area contributed by atoms with Crippen LogP contribution in [0.15, 0.2) is 48.8 Å². The lowest BCUT2D eigenvalue weighted by Gasteiger charge is -2.14. The molecule has 26 heavy (non-hydrogen) atoms. The molecule has 1 aliphatic rings. The summed E-state index contributed by atoms with van der Waals surface area (Å²) in [5.74, 6) is -0.0483. The number of carbonyl (C=O) groups is 1. The fourth-order valence-corrected chi connectivity index (χ4v) is 3.45. The topological polar surface area (TPSA) is 49.6 Å². The number of amides is 1. The Bertz CT molecular complexity index is 913. The molecule has 134 valence electrons. The van der Waals surface area contributed by atoms with E-state index >= 15 is 0 Å². The van der Waals surface area contributed by atoms with Crippen LogP contribution in [0.4, 0.5) is 0 Å². The summed E-state index contributed by atoms with van der Waals surface area (Å²) in [6.07, 6.45) is 6.29. The van der Waals surface area contributed by atoms with Gasteiger partial charge in [0, 0.05) is 36.1 Å². The summed E-state index contributed by atoms with van der Waals surface area (Å²) < 4.78 is 1.89. The zero-order valence-electron chi connectivity index (χ0n) is 14.5. The van der Waals surface area contributed by atoms with Gasteiger partial charge in [0.2, 0.25) is 0 Å². The van der Waals surface area contributed by atoms with Crippen LogP contribution in [0.2, 0.25) is 5.02 Å². The fourth-order valence-electron chi connectivity index (χ4n) is 3.32. The van der Waals surface area contributed by atoms with Crippen LogP contribution in [0.5, 0.6) is 0 Å². The first-order chi connectivity index (χ1) is 12.7. The van der Waals surface area contributed by atoms with Crippen LogP contribution < -0.4 is 5.32 Å². The first kappa shape index (κ1) is 17.1. The van der Waals surface area contributed by atoms with Gasteiger partial charge in [0.25, 0.3) is 5.91 Å². The molecule has 0 atom stereocenters. The number of nitrogens with one attached hydrogen (secondary N) is 1. The summed E-state index contributed by atoms with van der Waals surface area (Å²) in [7, 11) is 0. The number of halogens is 1. The van der Waals surface area contributed by atoms with Crippen molar-refractivity contribution in [2.45, 2.75) is 12.8 Å². The van der Waals surface area contributed by atoms with E-state index in [9.17, 15) is 4.79 Å². The Hall–Kier alpha value is -2.37. The lowest BCUT2D eigenvalue weighted by atomic mass is 10.2. The van der Waals surface area contributed by atoms with Gasteiger partial charge in [-0.3, -0.25) is 4.79 Å². The van der Waals surface area contributed by atoms with E-state index in [1.54, 1.807) is 0 Å². The average Bonchev–Trinajstić information content (AvgIpc) is 3.31. The standard InChI is InChI=1S/C20H21ClN4O/c21-17-6-3-15(4-7-17)18-14-25-13-16(5-8-19(25)23-18)20(26)22-9-12-24-10-1-2-11-24/h3-8,13-14H,1-2,9-12H2,(H,22,26). The Kier molecular flexibility index (Phi) is 4.91. The van der Waals surface area contributed by atoms with Crippen molar-refractivity contribution < 1.29 is 4.79 Å². The fraction of sp³-hybridized carbons (Fsp3) is 0.300. The Labute approximate surface area is 157 Å². The SMILES string of the molecule is O=C(NCCN1CCCC1)c1ccc2nc(-c3ccc(Cl)cc3)cn2c1. The number of imidazole rings is 1. The summed E-state index contributed by atoms with van der Waals surface area (Å²) in [4.78, 5) is 19.4. The molecular weight excluding hydrogens is 348 g/mol. The first-order valence-electron chi connectivity index (χ1n) is 8.94. The highest BCUT2D eigenvalue weighted by Crippen LogP contribution is 2.21. The number of hydrogen-bond acceptors (Lipinski definition) is 3. The number of pyridine rings is 1. The number of benzene rings is 1. The maximum atomic E-state index is 12.4. The molecule has 1 saturated heterocycles. The number of rotatable bonds is 5. The highest BCUT2D eigenvalue weighted by molar-refractivity contribution is 6.30. The maximum Gasteiger partial charge on any atom is 0.252 e. The molecule has 0 spiro atoms. The van der Waals surface area contributed by atoms with Crippen molar-refractivity contribution in [2.75, 3.05) is 26.2 Å². The van der Waals surface area contributed by atoms with E-state index in [4.69, 9.17) is 11.6 Å². The van der Waals surface area contributed by atoms with Crippen molar-refractivity contribution in [3.8, 4) is 11.3 Å². The number of likely N-dealkylation sites (tertiary alicyclic amines) is 1. The summed E-state index contributed by atoms with van der Waals surface area (Å²) in [6, 6.07) is 11.3. The van der Waals surface area contributed by atoms with Gasteiger partial charge < -0.3 is 14.6 Å². The zero-order chi connectivity index (χ0) is 17.9. The molecule has 0 bridgehead atoms. The van der Waals surface area contributed by atoms with Gasteiger partial charge >= 0.3 is 0 Å². The number of aromatic nitrogens is 2. The third kappa shape index (κ3) is 3.74. The molecule has 3 aromatic rings. The molecule has 0 unspecified atom stereocenters. The van der Waals surface area contributed by atoms with Gasteiger partial charge in [0.05, 0.1) is 11.3 Å². The van der Waals surface area contributed by atoms with E-state index in [0.29, 0.717) is 17.1 Å². The van der Waals surface area contributed by atoms with Crippen LogP contribution >= 0.6 is 11.6 Å². The summed E-state index contributed by atoms with van der Waals surface area (Å²) in [5.41, 5.74) is 3.30. The minimum Gasteiger partial charge on any atom is -0.351 e. The predicted molar refractivity (Wildman–Crippen MR) is 104 cm³/mol. The second-order valence-corrected chi connectivity index (χ2v) is 7.06. The minimum atomic E-state index is -0.0483. The van der Waals surface area contributed by atoms with Gasteiger partial charge in [0.1, 0.15) is 5.65 Å². The monoisotopic (exact) mass is 368 g/mol. The van der Waals surface area contributed by atoms with Gasteiger partial charge in [0.15, 0.2) is 0 Å². The van der Waals surface area contributed by atoms with E-state index in [1.807, 2.05) is 53.2 Å². The second kappa shape index (κ2) is 7.48. The van der Waals surface area contributed by atoms with Gasteiger partial charge in [-0.05, 0) is 50.2 Å². The number of fused-ring (bicyclic) bond motifs is 1. The smallest absolute Gasteiger partial charge is 0.252 e. The Morgan fingerprint density at radius 2 is 1.85 bits per heavy atom. The van der Waals surface area contributed by atoms with E-state index in [1.165, 1.54) is 12.8 Å². The molecule has 0 saturated carbocycles. The summed E-state index contributed by atoms with van der Waals surface area (Å²) in [6.45, 7) is 3.88. The highest BCUT2D eigenvalue weighted by atomic mass is 35.5. The second-order valence-electron chi connectivity index (χ2n) is 6.62. The van der Waals surface area contributed by atoms with Gasteiger partial charge in [-0.15, -0.1) is 0 Å². The summed E-state index contributed by atoms with van der Waals surface area (Å²) in [5, 5.41) is 3.71. The molecule has 3 heterocycles. The lowest BCUT2D eigenvalue weighted by molar-refractivity contribution is 0.0949. The van der Waals surface area contributed by atoms with Crippen molar-refractivity contribution in [2.24, 2.45) is 0 Å². The molecule has 4 rings (SSSR count). The van der Waals surface area contributed by atoms with Crippen molar-refractivity contribution >= 4 is 23.2 Å². The van der Waals surface area contributed by atoms with E-state index < -0.39 is 0 Å². The van der Waals surface area contributed by atoms with Crippen LogP contribution in [0, 0.1) is 0 Å². The molecule has 6 heteroatoms. The Morgan fingerprint density at radius 3 is 2.62 bits per heavy atom. The molecule has 2 aromatic heterocycles. The van der Waals surface area contributed by atoms with Crippen LogP contribution in [-0.2, 0) is 0 Å². The molecule has 1 fully saturated rings. The molecule has 1 amide bonds. The normalized spacial score (nSPS) is 14.8. The predicted octanol–water partition coefficient (Wildman–Crippen LogP) is 3.48. The third-order valence-electron chi connectivity index (χ3n) is 4.77. The van der Waals surface area contributed by atoms with Crippen molar-refractivity contribution in [3.63, 3.8) is 0 Å². The molecular formula is C20H21ClN4O. The minimum absolute atomic E-state index is 0.0483. The van der Waals surface area contributed by atoms with Crippen LogP contribution in [0.3, 0.4) is 0 Å². The largest absolute Gasteiger partial charge is 0.351 e. The number of carbonyl (C=O) groups excluding carboxylic acids is 1. The molecule has 1 N–H and O–H groups in total. The molecule has 0 radical (unpaired) electrons. The molecule has 1 aliphatic heterocycles. The quantitative estimate of drug-likeness (QED) is 0.750. The van der Waals surface area contributed by atoms with Crippen molar-refractivity contribution in [3.05, 3.63) is 59.4 Å². The zero-order valence-corrected chi connectivity index (χ0v) is 15.2. The van der Waals surface area contributed by atoms with Crippen LogP contribution in [0.1, 0.15) is 23.2 Å². The van der Waals surface area contributed by atoms with Crippen LogP contribution in [0.25, 0.3) is 16.9 Å². The van der Waals surface area contributed by atoms with E-state index in [0.717, 1.165) is 36.5 Å². The third-order valence-corrected chi connectivity index (χ3v) is 5.02. The highest BCUT2D eigenvalue weighted by Gasteiger charge is 2.12. The van der Waals surface area contributed by atoms with Gasteiger partial charge in [-0.2, -0.15) is 0 Å². The lowest BCUT2D eigenvalue weighted by Crippen LogP contribution is -2.33. The summed E-state index contributed by atoms with van der Waals surface area (Å²) >= 11 is 5.94. The van der Waals surface area contributed by atoms with Gasteiger partial charge in [-0.1, -0.05) is 23.7 Å². The Balaban J connectivity index is 1.46. The van der Waals surface area contributed by atoms with E-state index in [2.05, 4.69) is 15.2 Å². The molecule has 0 aliphatic carbocycles. The number of nitrogens with zero attached hydrogens (tertiary/aromatic N) is 3. The van der Waals surface area contributed by atoms with Crippen molar-refractivity contribution in [1.82, 2.24) is 19.6 Å². The molecule has 1 aromatic carbocycles. The van der Waals surface area contributed by atoms with E-state index in [-0.39, 0.29) is 5.91 Å². The number of hydrogen-bond donors (Lipinski definition) is 1. The Morgan fingerprint density at radius 1 is 1.08 bits per heavy atom. The van der Waals surface area contributed by atoms with Crippen molar-refractivity contribution in [1.29, 1.82) is 0 Å². The molecule has 5 nitrogen and oxygen atoms in total. The van der Waals surface area contributed by atoms with Crippen LogP contribution in [-0.4, -0.2) is 46.4 Å². The average molecular weight is 369 g/mol. The first-order valence-corrected chi connectivity index (χ1v) is 9.32. The maximum absolute atomic E-state index is 12.4.